The van der Waals surface area contributed by atoms with Gasteiger partial charge in [-0.25, -0.2) is 0 Å². The van der Waals surface area contributed by atoms with Crippen LogP contribution in [0.3, 0.4) is 0 Å². The lowest BCUT2D eigenvalue weighted by atomic mass is 10.1. The normalized spacial score (nSPS) is 10.1. The molecule has 0 aromatic heterocycles. The summed E-state index contributed by atoms with van der Waals surface area (Å²) in [5.41, 5.74) is -1.19. The number of hydrogen-bond donors (Lipinski definition) is 0. The van der Waals surface area contributed by atoms with Gasteiger partial charge in [0.1, 0.15) is 0 Å². The van der Waals surface area contributed by atoms with Crippen molar-refractivity contribution in [1.29, 1.82) is 5.26 Å². The Kier molecular flexibility index (Phi) is 3.24. The molecule has 1 aromatic carbocycles. The van der Waals surface area contributed by atoms with Gasteiger partial charge in [0.15, 0.2) is 6.07 Å². The number of rotatable bonds is 0. The van der Waals surface area contributed by atoms with Gasteiger partial charge < -0.3 is 0 Å². The van der Waals surface area contributed by atoms with E-state index in [4.69, 9.17) is 16.9 Å². The Morgan fingerprint density at radius 1 is 1.27 bits per heavy atom. The topological polar surface area (TPSA) is 23.8 Å². The van der Waals surface area contributed by atoms with Crippen molar-refractivity contribution in [3.63, 3.8) is 0 Å². The molecule has 0 aliphatic heterocycles. The van der Waals surface area contributed by atoms with Crippen LogP contribution in [0, 0.1) is 23.2 Å². The summed E-state index contributed by atoms with van der Waals surface area (Å²) in [4.78, 5) is 0. The Balaban J connectivity index is 3.35. The standard InChI is InChI=1S/C10H3ClF3N/c11-8-4-3-7(2-1-5-15)9(6-8)10(12,13)14/h3-4,6H. The SMILES string of the molecule is N#CC#Cc1ccc(Cl)cc1C(F)(F)F. The second-order valence-electron chi connectivity index (χ2n) is 2.55. The number of hydrogen-bond acceptors (Lipinski definition) is 1. The number of benzene rings is 1. The predicted octanol–water partition coefficient (Wildman–Crippen LogP) is 3.23. The van der Waals surface area contributed by atoms with Crippen LogP contribution in [0.25, 0.3) is 0 Å². The molecule has 0 bridgehead atoms. The minimum absolute atomic E-state index is 0.0233. The lowest BCUT2D eigenvalue weighted by Gasteiger charge is -2.08. The summed E-state index contributed by atoms with van der Waals surface area (Å²) in [7, 11) is 0. The summed E-state index contributed by atoms with van der Waals surface area (Å²) < 4.78 is 37.3. The summed E-state index contributed by atoms with van der Waals surface area (Å²) in [6, 6.07) is 4.65. The maximum atomic E-state index is 12.4. The zero-order valence-electron chi connectivity index (χ0n) is 7.19. The Hall–Kier alpha value is -1.65. The van der Waals surface area contributed by atoms with Crippen molar-refractivity contribution >= 4 is 11.6 Å². The molecular formula is C10H3ClF3N. The van der Waals surface area contributed by atoms with Crippen LogP contribution in [0.2, 0.25) is 5.02 Å². The van der Waals surface area contributed by atoms with Gasteiger partial charge in [0.25, 0.3) is 0 Å². The van der Waals surface area contributed by atoms with Crippen LogP contribution in [0.1, 0.15) is 11.1 Å². The quantitative estimate of drug-likeness (QED) is 0.627. The lowest BCUT2D eigenvalue weighted by Crippen LogP contribution is -2.07. The Bertz CT molecular complexity index is 474. The van der Waals surface area contributed by atoms with E-state index in [1.54, 1.807) is 0 Å². The summed E-state index contributed by atoms with van der Waals surface area (Å²) in [6.45, 7) is 0. The van der Waals surface area contributed by atoms with E-state index >= 15 is 0 Å². The molecule has 1 aromatic rings. The third-order valence-corrected chi connectivity index (χ3v) is 1.78. The number of nitrogens with zero attached hydrogens (tertiary/aromatic N) is 1. The second kappa shape index (κ2) is 4.25. The molecule has 0 atom stereocenters. The average molecular weight is 230 g/mol. The highest BCUT2D eigenvalue weighted by Gasteiger charge is 2.33. The minimum atomic E-state index is -4.52. The van der Waals surface area contributed by atoms with E-state index < -0.39 is 11.7 Å². The lowest BCUT2D eigenvalue weighted by molar-refractivity contribution is -0.137. The fraction of sp³-hybridized carbons (Fsp3) is 0.100. The maximum absolute atomic E-state index is 12.4. The Morgan fingerprint density at radius 2 is 1.93 bits per heavy atom. The largest absolute Gasteiger partial charge is 0.417 e. The molecule has 0 saturated carbocycles. The van der Waals surface area contributed by atoms with Crippen molar-refractivity contribution < 1.29 is 13.2 Å². The molecule has 5 heteroatoms. The Morgan fingerprint density at radius 3 is 2.47 bits per heavy atom. The van der Waals surface area contributed by atoms with E-state index in [-0.39, 0.29) is 10.6 Å². The van der Waals surface area contributed by atoms with Gasteiger partial charge in [-0.15, -0.1) is 0 Å². The summed E-state index contributed by atoms with van der Waals surface area (Å²) in [5, 5.41) is 8.12. The second-order valence-corrected chi connectivity index (χ2v) is 2.99. The van der Waals surface area contributed by atoms with Gasteiger partial charge in [0.05, 0.1) is 5.56 Å². The molecule has 0 aliphatic rings. The van der Waals surface area contributed by atoms with Gasteiger partial charge in [0.2, 0.25) is 0 Å². The summed E-state index contributed by atoms with van der Waals surface area (Å²) >= 11 is 5.44. The van der Waals surface area contributed by atoms with Gasteiger partial charge in [-0.2, -0.15) is 18.4 Å². The zero-order chi connectivity index (χ0) is 11.5. The van der Waals surface area contributed by atoms with Crippen LogP contribution >= 0.6 is 11.6 Å². The zero-order valence-corrected chi connectivity index (χ0v) is 7.95. The van der Waals surface area contributed by atoms with Crippen molar-refractivity contribution in [1.82, 2.24) is 0 Å². The molecule has 0 saturated heterocycles. The van der Waals surface area contributed by atoms with E-state index in [0.29, 0.717) is 0 Å². The molecule has 0 aliphatic carbocycles. The van der Waals surface area contributed by atoms with Crippen molar-refractivity contribution in [3.8, 4) is 17.9 Å². The van der Waals surface area contributed by atoms with E-state index in [1.807, 2.05) is 5.92 Å². The van der Waals surface area contributed by atoms with E-state index in [9.17, 15) is 13.2 Å². The fourth-order valence-electron chi connectivity index (χ4n) is 0.955. The van der Waals surface area contributed by atoms with E-state index in [2.05, 4.69) is 5.92 Å². The smallest absolute Gasteiger partial charge is 0.183 e. The van der Waals surface area contributed by atoms with E-state index in [1.165, 1.54) is 12.1 Å². The van der Waals surface area contributed by atoms with Gasteiger partial charge in [-0.05, 0) is 18.2 Å². The van der Waals surface area contributed by atoms with E-state index in [0.717, 1.165) is 12.1 Å². The molecule has 1 rings (SSSR count). The average Bonchev–Trinajstić information content (AvgIpc) is 2.14. The van der Waals surface area contributed by atoms with Crippen LogP contribution in [0.4, 0.5) is 13.2 Å². The molecule has 0 spiro atoms. The minimum Gasteiger partial charge on any atom is -0.183 e. The fourth-order valence-corrected chi connectivity index (χ4v) is 1.13. The van der Waals surface area contributed by atoms with Gasteiger partial charge in [-0.1, -0.05) is 17.5 Å². The predicted molar refractivity (Wildman–Crippen MR) is 48.9 cm³/mol. The molecule has 0 fully saturated rings. The van der Waals surface area contributed by atoms with Crippen LogP contribution in [-0.4, -0.2) is 0 Å². The molecule has 0 amide bonds. The third kappa shape index (κ3) is 2.90. The number of halogens is 4. The Labute approximate surface area is 89.1 Å². The number of nitriles is 1. The number of alkyl halides is 3. The van der Waals surface area contributed by atoms with Crippen LogP contribution < -0.4 is 0 Å². The van der Waals surface area contributed by atoms with Crippen LogP contribution in [0.15, 0.2) is 18.2 Å². The highest BCUT2D eigenvalue weighted by molar-refractivity contribution is 6.30. The van der Waals surface area contributed by atoms with Crippen molar-refractivity contribution in [2.24, 2.45) is 0 Å². The van der Waals surface area contributed by atoms with Gasteiger partial charge in [-0.3, -0.25) is 0 Å². The highest BCUT2D eigenvalue weighted by Crippen LogP contribution is 2.33. The molecule has 0 radical (unpaired) electrons. The van der Waals surface area contributed by atoms with Crippen LogP contribution in [0.5, 0.6) is 0 Å². The van der Waals surface area contributed by atoms with Gasteiger partial charge >= 0.3 is 6.18 Å². The van der Waals surface area contributed by atoms with Crippen molar-refractivity contribution in [2.75, 3.05) is 0 Å². The first-order chi connectivity index (χ1) is 6.95. The molecule has 0 unspecified atom stereocenters. The third-order valence-electron chi connectivity index (χ3n) is 1.54. The molecule has 1 nitrogen and oxygen atoms in total. The van der Waals surface area contributed by atoms with Crippen LogP contribution in [-0.2, 0) is 6.18 Å². The molecule has 0 heterocycles. The summed E-state index contributed by atoms with van der Waals surface area (Å²) in [5.74, 6) is 4.02. The maximum Gasteiger partial charge on any atom is 0.417 e. The molecule has 0 N–H and O–H groups in total. The first-order valence-corrected chi connectivity index (χ1v) is 4.10. The molecular weight excluding hydrogens is 227 g/mol. The molecule has 15 heavy (non-hydrogen) atoms. The first-order valence-electron chi connectivity index (χ1n) is 3.72. The highest BCUT2D eigenvalue weighted by atomic mass is 35.5. The summed E-state index contributed by atoms with van der Waals surface area (Å²) in [6.07, 6.45) is -4.52. The van der Waals surface area contributed by atoms with Gasteiger partial charge in [0, 0.05) is 16.5 Å². The van der Waals surface area contributed by atoms with Crippen molar-refractivity contribution in [2.45, 2.75) is 6.18 Å². The van der Waals surface area contributed by atoms with Crippen molar-refractivity contribution in [3.05, 3.63) is 34.3 Å². The first kappa shape index (κ1) is 11.4. The molecule has 76 valence electrons. The monoisotopic (exact) mass is 229 g/mol.